The van der Waals surface area contributed by atoms with Gasteiger partial charge in [0, 0.05) is 29.8 Å². The van der Waals surface area contributed by atoms with Crippen molar-refractivity contribution in [3.05, 3.63) is 23.2 Å². The predicted octanol–water partition coefficient (Wildman–Crippen LogP) is 2.15. The van der Waals surface area contributed by atoms with Gasteiger partial charge in [-0.05, 0) is 18.2 Å². The summed E-state index contributed by atoms with van der Waals surface area (Å²) < 4.78 is 0. The number of amides is 1. The molecule has 0 unspecified atom stereocenters. The number of nitrogen functional groups attached to an aromatic ring is 1. The van der Waals surface area contributed by atoms with Gasteiger partial charge in [0.15, 0.2) is 0 Å². The van der Waals surface area contributed by atoms with E-state index >= 15 is 0 Å². The van der Waals surface area contributed by atoms with E-state index in [1.54, 1.807) is 30.9 Å². The van der Waals surface area contributed by atoms with Crippen molar-refractivity contribution in [3.8, 4) is 0 Å². The second-order valence-corrected chi connectivity index (χ2v) is 4.51. The van der Waals surface area contributed by atoms with Gasteiger partial charge in [0.2, 0.25) is 5.91 Å². The van der Waals surface area contributed by atoms with Crippen LogP contribution in [-0.4, -0.2) is 18.7 Å². The van der Waals surface area contributed by atoms with Crippen LogP contribution in [0.15, 0.2) is 23.1 Å². The van der Waals surface area contributed by atoms with E-state index in [1.807, 2.05) is 6.07 Å². The van der Waals surface area contributed by atoms with E-state index in [0.29, 0.717) is 22.9 Å². The van der Waals surface area contributed by atoms with E-state index in [4.69, 9.17) is 17.3 Å². The van der Waals surface area contributed by atoms with Crippen LogP contribution in [-0.2, 0) is 4.79 Å². The highest BCUT2D eigenvalue weighted by atomic mass is 35.5. The molecule has 0 fully saturated rings. The molecule has 82 valence electrons. The molecule has 3 N–H and O–H groups in total. The van der Waals surface area contributed by atoms with Crippen molar-refractivity contribution in [2.45, 2.75) is 11.3 Å². The Balaban J connectivity index is 2.47. The summed E-state index contributed by atoms with van der Waals surface area (Å²) in [5, 5.41) is 3.21. The van der Waals surface area contributed by atoms with Crippen LogP contribution in [0.2, 0.25) is 5.02 Å². The van der Waals surface area contributed by atoms with E-state index in [2.05, 4.69) is 5.32 Å². The van der Waals surface area contributed by atoms with Crippen molar-refractivity contribution < 1.29 is 4.79 Å². The normalized spacial score (nSPS) is 10.0. The van der Waals surface area contributed by atoms with Gasteiger partial charge >= 0.3 is 0 Å². The molecule has 0 radical (unpaired) electrons. The Hall–Kier alpha value is -0.870. The van der Waals surface area contributed by atoms with Crippen molar-refractivity contribution >= 4 is 35.0 Å². The van der Waals surface area contributed by atoms with Crippen LogP contribution in [0.25, 0.3) is 0 Å². The van der Waals surface area contributed by atoms with Gasteiger partial charge in [-0.25, -0.2) is 0 Å². The maximum atomic E-state index is 11.0. The quantitative estimate of drug-likeness (QED) is 0.630. The number of hydrogen-bond acceptors (Lipinski definition) is 3. The third-order valence-electron chi connectivity index (χ3n) is 1.82. The lowest BCUT2D eigenvalue weighted by molar-refractivity contribution is -0.120. The van der Waals surface area contributed by atoms with Gasteiger partial charge in [0.25, 0.3) is 0 Å². The Morgan fingerprint density at radius 1 is 1.60 bits per heavy atom. The highest BCUT2D eigenvalue weighted by Gasteiger charge is 2.03. The first-order valence-electron chi connectivity index (χ1n) is 4.52. The van der Waals surface area contributed by atoms with Gasteiger partial charge in [-0.15, -0.1) is 11.8 Å². The fourth-order valence-corrected chi connectivity index (χ4v) is 2.23. The largest absolute Gasteiger partial charge is 0.399 e. The Morgan fingerprint density at radius 3 is 2.93 bits per heavy atom. The number of thioether (sulfide) groups is 1. The third kappa shape index (κ3) is 4.01. The highest BCUT2D eigenvalue weighted by Crippen LogP contribution is 2.28. The number of carbonyl (C=O) groups is 1. The van der Waals surface area contributed by atoms with Crippen LogP contribution in [0.5, 0.6) is 0 Å². The smallest absolute Gasteiger partial charge is 0.220 e. The fraction of sp³-hybridized carbons (Fsp3) is 0.300. The molecule has 0 aromatic heterocycles. The van der Waals surface area contributed by atoms with Gasteiger partial charge < -0.3 is 11.1 Å². The Bertz CT molecular complexity index is 357. The fourth-order valence-electron chi connectivity index (χ4n) is 1.01. The summed E-state index contributed by atoms with van der Waals surface area (Å²) in [6.45, 7) is 0. The molecule has 1 amide bonds. The standard InChI is InChI=1S/C10H13ClN2OS/c1-13-10(14)4-5-15-9-3-2-7(12)6-8(9)11/h2-3,6H,4-5,12H2,1H3,(H,13,14). The lowest BCUT2D eigenvalue weighted by Gasteiger charge is -2.04. The van der Waals surface area contributed by atoms with Crippen LogP contribution in [0.3, 0.4) is 0 Å². The van der Waals surface area contributed by atoms with Gasteiger partial charge in [0.05, 0.1) is 5.02 Å². The van der Waals surface area contributed by atoms with Crippen LogP contribution < -0.4 is 11.1 Å². The van der Waals surface area contributed by atoms with Gasteiger partial charge in [0.1, 0.15) is 0 Å². The molecule has 0 aliphatic carbocycles. The summed E-state index contributed by atoms with van der Waals surface area (Å²) in [6, 6.07) is 5.38. The molecule has 0 aliphatic heterocycles. The van der Waals surface area contributed by atoms with Crippen molar-refractivity contribution in [1.82, 2.24) is 5.32 Å². The number of carbonyl (C=O) groups excluding carboxylic acids is 1. The minimum atomic E-state index is 0.0362. The molecule has 1 aromatic carbocycles. The van der Waals surface area contributed by atoms with Crippen LogP contribution in [0, 0.1) is 0 Å². The van der Waals surface area contributed by atoms with E-state index in [-0.39, 0.29) is 5.91 Å². The maximum Gasteiger partial charge on any atom is 0.220 e. The lowest BCUT2D eigenvalue weighted by atomic mass is 10.3. The molecule has 3 nitrogen and oxygen atoms in total. The highest BCUT2D eigenvalue weighted by molar-refractivity contribution is 7.99. The SMILES string of the molecule is CNC(=O)CCSc1ccc(N)cc1Cl. The number of hydrogen-bond donors (Lipinski definition) is 2. The molecular weight excluding hydrogens is 232 g/mol. The monoisotopic (exact) mass is 244 g/mol. The van der Waals surface area contributed by atoms with Crippen molar-refractivity contribution in [2.75, 3.05) is 18.5 Å². The van der Waals surface area contributed by atoms with E-state index < -0.39 is 0 Å². The topological polar surface area (TPSA) is 55.1 Å². The molecule has 0 heterocycles. The molecule has 0 atom stereocenters. The lowest BCUT2D eigenvalue weighted by Crippen LogP contribution is -2.17. The van der Waals surface area contributed by atoms with Gasteiger partial charge in [-0.3, -0.25) is 4.79 Å². The Labute approximate surface area is 98.4 Å². The van der Waals surface area contributed by atoms with Gasteiger partial charge in [-0.1, -0.05) is 11.6 Å². The van der Waals surface area contributed by atoms with Crippen molar-refractivity contribution in [2.24, 2.45) is 0 Å². The van der Waals surface area contributed by atoms with Crippen molar-refractivity contribution in [1.29, 1.82) is 0 Å². The second-order valence-electron chi connectivity index (χ2n) is 2.96. The molecule has 5 heteroatoms. The first-order valence-corrected chi connectivity index (χ1v) is 5.88. The number of halogens is 1. The Kier molecular flexibility index (Phi) is 4.78. The maximum absolute atomic E-state index is 11.0. The van der Waals surface area contributed by atoms with Gasteiger partial charge in [-0.2, -0.15) is 0 Å². The first kappa shape index (κ1) is 12.2. The number of benzene rings is 1. The van der Waals surface area contributed by atoms with Crippen LogP contribution >= 0.6 is 23.4 Å². The van der Waals surface area contributed by atoms with Crippen LogP contribution in [0.1, 0.15) is 6.42 Å². The molecule has 0 spiro atoms. The average molecular weight is 245 g/mol. The zero-order valence-corrected chi connectivity index (χ0v) is 9.99. The first-order chi connectivity index (χ1) is 7.13. The van der Waals surface area contributed by atoms with Crippen molar-refractivity contribution in [3.63, 3.8) is 0 Å². The molecule has 0 saturated heterocycles. The minimum absolute atomic E-state index is 0.0362. The van der Waals surface area contributed by atoms with Crippen LogP contribution in [0.4, 0.5) is 5.69 Å². The summed E-state index contributed by atoms with van der Waals surface area (Å²) in [4.78, 5) is 11.9. The minimum Gasteiger partial charge on any atom is -0.399 e. The molecule has 0 saturated carbocycles. The number of nitrogens with one attached hydrogen (secondary N) is 1. The number of rotatable bonds is 4. The van der Waals surface area contributed by atoms with E-state index in [1.165, 1.54) is 0 Å². The second kappa shape index (κ2) is 5.88. The summed E-state index contributed by atoms with van der Waals surface area (Å²) in [5.74, 6) is 0.748. The van der Waals surface area contributed by atoms with E-state index in [0.717, 1.165) is 4.90 Å². The number of nitrogens with two attached hydrogens (primary N) is 1. The van der Waals surface area contributed by atoms with E-state index in [9.17, 15) is 4.79 Å². The summed E-state index contributed by atoms with van der Waals surface area (Å²) in [5.41, 5.74) is 6.22. The summed E-state index contributed by atoms with van der Waals surface area (Å²) in [7, 11) is 1.63. The molecule has 15 heavy (non-hydrogen) atoms. The molecule has 1 aromatic rings. The number of anilines is 1. The summed E-state index contributed by atoms with van der Waals surface area (Å²) >= 11 is 7.53. The average Bonchev–Trinajstić information content (AvgIpc) is 2.21. The Morgan fingerprint density at radius 2 is 2.33 bits per heavy atom. The molecule has 0 bridgehead atoms. The zero-order valence-electron chi connectivity index (χ0n) is 8.42. The summed E-state index contributed by atoms with van der Waals surface area (Å²) in [6.07, 6.45) is 0.488. The predicted molar refractivity (Wildman–Crippen MR) is 65.3 cm³/mol. The molecular formula is C10H13ClN2OS. The molecule has 0 aliphatic rings. The third-order valence-corrected chi connectivity index (χ3v) is 3.32. The molecule has 1 rings (SSSR count). The zero-order chi connectivity index (χ0) is 11.3.